The standard InChI is InChI=1S/C18H24N4/c1-4-13(2)15-7-9-16(10-8-15)22-18(19)21-12-17-14(3)6-5-11-20-17/h5-11,13H,4,12H2,1-3H3,(H3,19,21,22). The molecule has 0 aliphatic rings. The van der Waals surface area contributed by atoms with Gasteiger partial charge in [0.05, 0.1) is 12.2 Å². The Bertz CT molecular complexity index is 632. The molecule has 1 aromatic heterocycles. The Balaban J connectivity index is 1.98. The molecule has 0 aliphatic carbocycles. The van der Waals surface area contributed by atoms with E-state index in [4.69, 9.17) is 5.73 Å². The molecule has 0 saturated heterocycles. The summed E-state index contributed by atoms with van der Waals surface area (Å²) in [5.74, 6) is 0.980. The van der Waals surface area contributed by atoms with Gasteiger partial charge in [-0.25, -0.2) is 4.99 Å². The second-order valence-electron chi connectivity index (χ2n) is 5.52. The van der Waals surface area contributed by atoms with Crippen LogP contribution in [0.5, 0.6) is 0 Å². The molecule has 4 heteroatoms. The molecule has 1 aromatic carbocycles. The van der Waals surface area contributed by atoms with Crippen LogP contribution in [-0.4, -0.2) is 10.9 Å². The highest BCUT2D eigenvalue weighted by Gasteiger charge is 2.03. The Labute approximate surface area is 132 Å². The molecule has 0 spiro atoms. The minimum atomic E-state index is 0.404. The Morgan fingerprint density at radius 1 is 1.27 bits per heavy atom. The van der Waals surface area contributed by atoms with Gasteiger partial charge in [0, 0.05) is 11.9 Å². The zero-order valence-electron chi connectivity index (χ0n) is 13.5. The predicted molar refractivity (Wildman–Crippen MR) is 93.1 cm³/mol. The molecule has 22 heavy (non-hydrogen) atoms. The van der Waals surface area contributed by atoms with Crippen LogP contribution in [0.4, 0.5) is 5.69 Å². The molecule has 3 N–H and O–H groups in total. The molecule has 0 fully saturated rings. The summed E-state index contributed by atoms with van der Waals surface area (Å²) in [7, 11) is 0. The fourth-order valence-electron chi connectivity index (χ4n) is 2.16. The van der Waals surface area contributed by atoms with Crippen LogP contribution >= 0.6 is 0 Å². The summed E-state index contributed by atoms with van der Waals surface area (Å²) in [4.78, 5) is 8.65. The Kier molecular flexibility index (Phi) is 5.53. The monoisotopic (exact) mass is 296 g/mol. The Hall–Kier alpha value is -2.36. The lowest BCUT2D eigenvalue weighted by molar-refractivity contribution is 0.734. The Morgan fingerprint density at radius 2 is 2.00 bits per heavy atom. The predicted octanol–water partition coefficient (Wildman–Crippen LogP) is 3.83. The summed E-state index contributed by atoms with van der Waals surface area (Å²) < 4.78 is 0. The topological polar surface area (TPSA) is 63.3 Å². The second kappa shape index (κ2) is 7.59. The smallest absolute Gasteiger partial charge is 0.193 e. The van der Waals surface area contributed by atoms with Gasteiger partial charge in [-0.05, 0) is 48.6 Å². The zero-order chi connectivity index (χ0) is 15.9. The summed E-state index contributed by atoms with van der Waals surface area (Å²) in [6.45, 7) is 6.93. The third-order valence-electron chi connectivity index (χ3n) is 3.88. The average molecular weight is 296 g/mol. The molecule has 116 valence electrons. The van der Waals surface area contributed by atoms with Gasteiger partial charge in [0.15, 0.2) is 5.96 Å². The number of nitrogens with zero attached hydrogens (tertiary/aromatic N) is 2. The maximum absolute atomic E-state index is 5.94. The van der Waals surface area contributed by atoms with E-state index >= 15 is 0 Å². The molecular formula is C18H24N4. The van der Waals surface area contributed by atoms with Crippen LogP contribution in [0, 0.1) is 6.92 Å². The van der Waals surface area contributed by atoms with Gasteiger partial charge in [-0.15, -0.1) is 0 Å². The van der Waals surface area contributed by atoms with E-state index in [0.717, 1.165) is 23.4 Å². The van der Waals surface area contributed by atoms with Crippen molar-refractivity contribution in [3.8, 4) is 0 Å². The third-order valence-corrected chi connectivity index (χ3v) is 3.88. The van der Waals surface area contributed by atoms with Gasteiger partial charge in [0.25, 0.3) is 0 Å². The number of rotatable bonds is 5. The van der Waals surface area contributed by atoms with Gasteiger partial charge in [-0.2, -0.15) is 0 Å². The lowest BCUT2D eigenvalue weighted by Gasteiger charge is -2.11. The minimum absolute atomic E-state index is 0.404. The van der Waals surface area contributed by atoms with Crippen LogP contribution in [0.1, 0.15) is 43.0 Å². The Morgan fingerprint density at radius 3 is 2.64 bits per heavy atom. The highest BCUT2D eigenvalue weighted by atomic mass is 15.1. The highest BCUT2D eigenvalue weighted by molar-refractivity contribution is 5.92. The van der Waals surface area contributed by atoms with Crippen molar-refractivity contribution in [3.05, 3.63) is 59.4 Å². The van der Waals surface area contributed by atoms with Crippen molar-refractivity contribution in [2.75, 3.05) is 5.32 Å². The fraction of sp³-hybridized carbons (Fsp3) is 0.333. The lowest BCUT2D eigenvalue weighted by atomic mass is 9.99. The maximum atomic E-state index is 5.94. The molecule has 2 rings (SSSR count). The molecule has 0 aliphatic heterocycles. The molecule has 0 saturated carbocycles. The van der Waals surface area contributed by atoms with E-state index in [0.29, 0.717) is 18.4 Å². The maximum Gasteiger partial charge on any atom is 0.193 e. The SMILES string of the molecule is CCC(C)c1ccc(NC(N)=NCc2ncccc2C)cc1. The summed E-state index contributed by atoms with van der Waals surface area (Å²) in [6.07, 6.45) is 2.91. The number of aromatic nitrogens is 1. The molecular weight excluding hydrogens is 272 g/mol. The normalized spacial score (nSPS) is 13.0. The molecule has 1 atom stereocenters. The number of anilines is 1. The number of benzene rings is 1. The molecule has 4 nitrogen and oxygen atoms in total. The van der Waals surface area contributed by atoms with Crippen LogP contribution in [0.15, 0.2) is 47.6 Å². The summed E-state index contributed by atoms with van der Waals surface area (Å²) in [6, 6.07) is 12.3. The number of aliphatic imine (C=N–C) groups is 1. The van der Waals surface area contributed by atoms with E-state index in [1.165, 1.54) is 5.56 Å². The van der Waals surface area contributed by atoms with Gasteiger partial charge in [0.1, 0.15) is 0 Å². The van der Waals surface area contributed by atoms with Crippen LogP contribution in [-0.2, 0) is 6.54 Å². The lowest BCUT2D eigenvalue weighted by Crippen LogP contribution is -2.22. The van der Waals surface area contributed by atoms with E-state index < -0.39 is 0 Å². The van der Waals surface area contributed by atoms with Gasteiger partial charge in [-0.1, -0.05) is 32.0 Å². The van der Waals surface area contributed by atoms with Crippen molar-refractivity contribution in [1.82, 2.24) is 4.98 Å². The number of hydrogen-bond acceptors (Lipinski definition) is 2. The fourth-order valence-corrected chi connectivity index (χ4v) is 2.16. The molecule has 0 amide bonds. The second-order valence-corrected chi connectivity index (χ2v) is 5.52. The molecule has 0 bridgehead atoms. The quantitative estimate of drug-likeness (QED) is 0.651. The van der Waals surface area contributed by atoms with Crippen molar-refractivity contribution < 1.29 is 0 Å². The first kappa shape index (κ1) is 16.0. The van der Waals surface area contributed by atoms with E-state index in [-0.39, 0.29) is 0 Å². The van der Waals surface area contributed by atoms with Crippen LogP contribution in [0.3, 0.4) is 0 Å². The number of guanidine groups is 1. The van der Waals surface area contributed by atoms with Gasteiger partial charge < -0.3 is 11.1 Å². The van der Waals surface area contributed by atoms with E-state index in [1.54, 1.807) is 6.20 Å². The molecule has 2 aromatic rings. The van der Waals surface area contributed by atoms with E-state index in [1.807, 2.05) is 31.2 Å². The first-order valence-corrected chi connectivity index (χ1v) is 7.67. The summed E-state index contributed by atoms with van der Waals surface area (Å²) in [5.41, 5.74) is 10.3. The average Bonchev–Trinajstić information content (AvgIpc) is 2.54. The van der Waals surface area contributed by atoms with E-state index in [2.05, 4.69) is 41.3 Å². The largest absolute Gasteiger partial charge is 0.370 e. The summed E-state index contributed by atoms with van der Waals surface area (Å²) >= 11 is 0. The van der Waals surface area contributed by atoms with Crippen molar-refractivity contribution in [3.63, 3.8) is 0 Å². The van der Waals surface area contributed by atoms with Crippen LogP contribution in [0.25, 0.3) is 0 Å². The van der Waals surface area contributed by atoms with Gasteiger partial charge in [-0.3, -0.25) is 4.98 Å². The van der Waals surface area contributed by atoms with Crippen molar-refractivity contribution in [2.24, 2.45) is 10.7 Å². The van der Waals surface area contributed by atoms with Gasteiger partial charge >= 0.3 is 0 Å². The first-order valence-electron chi connectivity index (χ1n) is 7.67. The summed E-state index contributed by atoms with van der Waals surface area (Å²) in [5, 5.41) is 3.12. The van der Waals surface area contributed by atoms with Crippen LogP contribution in [0.2, 0.25) is 0 Å². The molecule has 0 radical (unpaired) electrons. The number of aryl methyl sites for hydroxylation is 1. The number of nitrogens with two attached hydrogens (primary N) is 1. The highest BCUT2D eigenvalue weighted by Crippen LogP contribution is 2.20. The minimum Gasteiger partial charge on any atom is -0.370 e. The van der Waals surface area contributed by atoms with Crippen molar-refractivity contribution in [2.45, 2.75) is 39.7 Å². The first-order chi connectivity index (χ1) is 10.6. The van der Waals surface area contributed by atoms with Crippen molar-refractivity contribution in [1.29, 1.82) is 0 Å². The third kappa shape index (κ3) is 4.32. The van der Waals surface area contributed by atoms with Crippen molar-refractivity contribution >= 4 is 11.6 Å². The number of nitrogens with one attached hydrogen (secondary N) is 1. The molecule has 1 heterocycles. The van der Waals surface area contributed by atoms with E-state index in [9.17, 15) is 0 Å². The molecule has 1 unspecified atom stereocenters. The van der Waals surface area contributed by atoms with Gasteiger partial charge in [0.2, 0.25) is 0 Å². The number of pyridine rings is 1. The van der Waals surface area contributed by atoms with Crippen LogP contribution < -0.4 is 11.1 Å². The zero-order valence-corrected chi connectivity index (χ0v) is 13.5. The number of hydrogen-bond donors (Lipinski definition) is 2.